The molecular weight excluding hydrogens is 232 g/mol. The predicted octanol–water partition coefficient (Wildman–Crippen LogP) is 2.48. The van der Waals surface area contributed by atoms with E-state index < -0.39 is 5.97 Å². The van der Waals surface area contributed by atoms with Crippen molar-refractivity contribution in [2.24, 2.45) is 0 Å². The Morgan fingerprint density at radius 2 is 2.19 bits per heavy atom. The molecule has 0 fully saturated rings. The Hall–Kier alpha value is -1.55. The van der Waals surface area contributed by atoms with Crippen LogP contribution in [-0.2, 0) is 4.79 Å². The zero-order chi connectivity index (χ0) is 12.1. The molecular formula is C11H11ClO4. The van der Waals surface area contributed by atoms with Gasteiger partial charge in [0.05, 0.1) is 11.6 Å². The molecule has 0 heterocycles. The lowest BCUT2D eigenvalue weighted by atomic mass is 10.2. The summed E-state index contributed by atoms with van der Waals surface area (Å²) < 4.78 is 10.2. The predicted molar refractivity (Wildman–Crippen MR) is 59.3 cm³/mol. The van der Waals surface area contributed by atoms with E-state index in [1.807, 2.05) is 0 Å². The molecule has 1 aromatic rings. The van der Waals surface area contributed by atoms with Crippen molar-refractivity contribution in [3.05, 3.63) is 22.7 Å². The van der Waals surface area contributed by atoms with Crippen LogP contribution in [0.2, 0.25) is 5.02 Å². The Kier molecular flexibility index (Phi) is 4.31. The van der Waals surface area contributed by atoms with Crippen LogP contribution in [0.25, 0.3) is 0 Å². The van der Waals surface area contributed by atoms with Gasteiger partial charge < -0.3 is 9.47 Å². The highest BCUT2D eigenvalue weighted by Crippen LogP contribution is 2.36. The van der Waals surface area contributed by atoms with Gasteiger partial charge in [-0.1, -0.05) is 11.6 Å². The van der Waals surface area contributed by atoms with Gasteiger partial charge in [-0.25, -0.2) is 0 Å². The van der Waals surface area contributed by atoms with E-state index in [0.717, 1.165) is 0 Å². The van der Waals surface area contributed by atoms with Crippen molar-refractivity contribution in [1.29, 1.82) is 0 Å². The van der Waals surface area contributed by atoms with Crippen LogP contribution < -0.4 is 9.47 Å². The summed E-state index contributed by atoms with van der Waals surface area (Å²) in [6.07, 6.45) is 0.645. The molecule has 0 saturated carbocycles. The third-order valence-corrected chi connectivity index (χ3v) is 1.99. The highest BCUT2D eigenvalue weighted by Gasteiger charge is 2.14. The van der Waals surface area contributed by atoms with Crippen LogP contribution in [0.15, 0.2) is 12.1 Å². The molecule has 0 amide bonds. The van der Waals surface area contributed by atoms with Gasteiger partial charge in [-0.2, -0.15) is 0 Å². The number of rotatable bonds is 4. The summed E-state index contributed by atoms with van der Waals surface area (Å²) >= 11 is 5.88. The number of esters is 1. The van der Waals surface area contributed by atoms with Crippen molar-refractivity contribution in [2.45, 2.75) is 13.8 Å². The van der Waals surface area contributed by atoms with Crippen molar-refractivity contribution in [2.75, 3.05) is 6.61 Å². The van der Waals surface area contributed by atoms with Crippen LogP contribution in [0.5, 0.6) is 11.5 Å². The van der Waals surface area contributed by atoms with Crippen LogP contribution in [0.3, 0.4) is 0 Å². The molecule has 0 aliphatic rings. The SMILES string of the molecule is CCOc1cc(C=O)cc(Cl)c1OC(C)=O. The van der Waals surface area contributed by atoms with E-state index in [2.05, 4.69) is 0 Å². The maximum absolute atomic E-state index is 10.9. The highest BCUT2D eigenvalue weighted by atomic mass is 35.5. The number of ether oxygens (including phenoxy) is 2. The van der Waals surface area contributed by atoms with E-state index in [1.54, 1.807) is 6.92 Å². The molecule has 0 aromatic heterocycles. The first kappa shape index (κ1) is 12.5. The van der Waals surface area contributed by atoms with E-state index in [-0.39, 0.29) is 16.5 Å². The smallest absolute Gasteiger partial charge is 0.308 e. The Morgan fingerprint density at radius 1 is 1.50 bits per heavy atom. The Balaban J connectivity index is 3.21. The molecule has 4 nitrogen and oxygen atoms in total. The molecule has 0 atom stereocenters. The minimum Gasteiger partial charge on any atom is -0.490 e. The molecule has 86 valence electrons. The van der Waals surface area contributed by atoms with Gasteiger partial charge in [-0.3, -0.25) is 9.59 Å². The highest BCUT2D eigenvalue weighted by molar-refractivity contribution is 6.32. The van der Waals surface area contributed by atoms with Crippen LogP contribution in [0.4, 0.5) is 0 Å². The molecule has 0 aliphatic heterocycles. The van der Waals surface area contributed by atoms with Gasteiger partial charge in [0.1, 0.15) is 6.29 Å². The maximum atomic E-state index is 10.9. The van der Waals surface area contributed by atoms with Gasteiger partial charge in [0.15, 0.2) is 11.5 Å². The number of carbonyl (C=O) groups is 2. The first-order chi connectivity index (χ1) is 7.58. The van der Waals surface area contributed by atoms with Crippen LogP contribution >= 0.6 is 11.6 Å². The number of hydrogen-bond donors (Lipinski definition) is 0. The standard InChI is InChI=1S/C11H11ClO4/c1-3-15-10-5-8(6-13)4-9(12)11(10)16-7(2)14/h4-6H,3H2,1-2H3. The van der Waals surface area contributed by atoms with Gasteiger partial charge in [0.2, 0.25) is 0 Å². The zero-order valence-electron chi connectivity index (χ0n) is 8.95. The number of hydrogen-bond acceptors (Lipinski definition) is 4. The molecule has 0 bridgehead atoms. The molecule has 0 unspecified atom stereocenters. The topological polar surface area (TPSA) is 52.6 Å². The van der Waals surface area contributed by atoms with Gasteiger partial charge in [-0.15, -0.1) is 0 Å². The Labute approximate surface area is 98.1 Å². The summed E-state index contributed by atoms with van der Waals surface area (Å²) in [5.41, 5.74) is 0.365. The van der Waals surface area contributed by atoms with E-state index in [4.69, 9.17) is 21.1 Å². The number of halogens is 1. The summed E-state index contributed by atoms with van der Waals surface area (Å²) in [5, 5.41) is 0.170. The van der Waals surface area contributed by atoms with Gasteiger partial charge in [0.25, 0.3) is 0 Å². The van der Waals surface area contributed by atoms with Crippen molar-refractivity contribution < 1.29 is 19.1 Å². The first-order valence-electron chi connectivity index (χ1n) is 4.68. The summed E-state index contributed by atoms with van der Waals surface area (Å²) in [6.45, 7) is 3.42. The minimum absolute atomic E-state index is 0.140. The normalized spacial score (nSPS) is 9.69. The fourth-order valence-electron chi connectivity index (χ4n) is 1.16. The van der Waals surface area contributed by atoms with Crippen molar-refractivity contribution >= 4 is 23.9 Å². The number of benzene rings is 1. The fourth-order valence-corrected chi connectivity index (χ4v) is 1.42. The second-order valence-corrected chi connectivity index (χ2v) is 3.38. The average molecular weight is 243 g/mol. The lowest BCUT2D eigenvalue weighted by Crippen LogP contribution is -2.05. The molecule has 16 heavy (non-hydrogen) atoms. The van der Waals surface area contributed by atoms with E-state index in [1.165, 1.54) is 19.1 Å². The minimum atomic E-state index is -0.498. The molecule has 0 aliphatic carbocycles. The lowest BCUT2D eigenvalue weighted by molar-refractivity contribution is -0.132. The van der Waals surface area contributed by atoms with E-state index >= 15 is 0 Å². The summed E-state index contributed by atoms with van der Waals surface area (Å²) in [4.78, 5) is 21.5. The molecule has 0 spiro atoms. The third kappa shape index (κ3) is 2.97. The van der Waals surface area contributed by atoms with Gasteiger partial charge in [-0.05, 0) is 19.1 Å². The summed E-state index contributed by atoms with van der Waals surface area (Å²) in [6, 6.07) is 2.88. The Morgan fingerprint density at radius 3 is 2.69 bits per heavy atom. The van der Waals surface area contributed by atoms with E-state index in [0.29, 0.717) is 18.5 Å². The molecule has 0 radical (unpaired) electrons. The maximum Gasteiger partial charge on any atom is 0.308 e. The number of carbonyl (C=O) groups excluding carboxylic acids is 2. The van der Waals surface area contributed by atoms with Crippen LogP contribution in [0.1, 0.15) is 24.2 Å². The van der Waals surface area contributed by atoms with Gasteiger partial charge >= 0.3 is 5.97 Å². The van der Waals surface area contributed by atoms with Crippen LogP contribution in [0, 0.1) is 0 Å². The summed E-state index contributed by atoms with van der Waals surface area (Å²) in [7, 11) is 0. The molecule has 5 heteroatoms. The monoisotopic (exact) mass is 242 g/mol. The average Bonchev–Trinajstić information content (AvgIpc) is 2.22. The number of aldehydes is 1. The van der Waals surface area contributed by atoms with Gasteiger partial charge in [0, 0.05) is 12.5 Å². The summed E-state index contributed by atoms with van der Waals surface area (Å²) in [5.74, 6) is -0.0735. The van der Waals surface area contributed by atoms with Crippen molar-refractivity contribution in [1.82, 2.24) is 0 Å². The molecule has 1 rings (SSSR count). The molecule has 0 saturated heterocycles. The van der Waals surface area contributed by atoms with Crippen molar-refractivity contribution in [3.8, 4) is 11.5 Å². The second-order valence-electron chi connectivity index (χ2n) is 2.97. The quantitative estimate of drug-likeness (QED) is 0.462. The molecule has 0 N–H and O–H groups in total. The molecule has 1 aromatic carbocycles. The zero-order valence-corrected chi connectivity index (χ0v) is 9.71. The van der Waals surface area contributed by atoms with Crippen LogP contribution in [-0.4, -0.2) is 18.9 Å². The fraction of sp³-hybridized carbons (Fsp3) is 0.273. The van der Waals surface area contributed by atoms with Crippen molar-refractivity contribution in [3.63, 3.8) is 0 Å². The largest absolute Gasteiger partial charge is 0.490 e. The first-order valence-corrected chi connectivity index (χ1v) is 5.06. The lowest BCUT2D eigenvalue weighted by Gasteiger charge is -2.11. The third-order valence-electron chi connectivity index (χ3n) is 1.71. The van der Waals surface area contributed by atoms with E-state index in [9.17, 15) is 9.59 Å². The second kappa shape index (κ2) is 5.51. The Bertz CT molecular complexity index is 415.